The Bertz CT molecular complexity index is 1310. The Hall–Kier alpha value is -2.72. The maximum atomic E-state index is 13.0. The van der Waals surface area contributed by atoms with E-state index in [2.05, 4.69) is 9.82 Å². The quantitative estimate of drug-likeness (QED) is 0.660. The fraction of sp³-hybridized carbons (Fsp3) is 0.389. The molecule has 0 unspecified atom stereocenters. The summed E-state index contributed by atoms with van der Waals surface area (Å²) in [4.78, 5) is 25.7. The number of fused-ring (bicyclic) bond motifs is 1. The molecule has 9 nitrogen and oxygen atoms in total. The highest BCUT2D eigenvalue weighted by atomic mass is 32.2. The maximum Gasteiger partial charge on any atom is 0.331 e. The van der Waals surface area contributed by atoms with Crippen molar-refractivity contribution in [2.45, 2.75) is 36.7 Å². The smallest absolute Gasteiger partial charge is 0.296 e. The molecule has 0 saturated heterocycles. The van der Waals surface area contributed by atoms with Crippen LogP contribution in [-0.4, -0.2) is 32.9 Å². The van der Waals surface area contributed by atoms with Crippen molar-refractivity contribution in [3.05, 3.63) is 57.0 Å². The summed E-state index contributed by atoms with van der Waals surface area (Å²) < 4.78 is 32.0. The normalized spacial score (nSPS) is 15.8. The third-order valence-corrected chi connectivity index (χ3v) is 6.74. The van der Waals surface area contributed by atoms with Crippen LogP contribution in [0.25, 0.3) is 10.9 Å². The molecule has 1 saturated carbocycles. The van der Waals surface area contributed by atoms with E-state index in [9.17, 15) is 18.0 Å². The lowest BCUT2D eigenvalue weighted by Crippen LogP contribution is -2.39. The molecule has 28 heavy (non-hydrogen) atoms. The SMILES string of the molecule is Cn1ccc(Cn2c(=O)c3cc(S(=O)(=O)NC4(C)CC4)ccc3n(C)c2=O)n1. The zero-order valence-electron chi connectivity index (χ0n) is 15.8. The van der Waals surface area contributed by atoms with Gasteiger partial charge in [0.05, 0.1) is 28.0 Å². The average molecular weight is 403 g/mol. The number of nitrogens with one attached hydrogen (secondary N) is 1. The Balaban J connectivity index is 1.86. The standard InChI is InChI=1S/C18H21N5O4S/c1-18(7-8-18)20-28(26,27)13-4-5-15-14(10-13)16(24)23(17(25)22(15)3)11-12-6-9-21(2)19-12/h4-6,9-10,20H,7-8,11H2,1-3H3. The van der Waals surface area contributed by atoms with Gasteiger partial charge >= 0.3 is 5.69 Å². The van der Waals surface area contributed by atoms with Crippen LogP contribution in [0.2, 0.25) is 0 Å². The molecule has 3 aromatic rings. The van der Waals surface area contributed by atoms with Gasteiger partial charge in [0.2, 0.25) is 10.0 Å². The lowest BCUT2D eigenvalue weighted by Gasteiger charge is -2.14. The predicted octanol–water partition coefficient (Wildman–Crippen LogP) is 0.313. The number of nitrogens with zero attached hydrogens (tertiary/aromatic N) is 4. The molecule has 1 N–H and O–H groups in total. The van der Waals surface area contributed by atoms with Crippen molar-refractivity contribution < 1.29 is 8.42 Å². The maximum absolute atomic E-state index is 13.0. The fourth-order valence-corrected chi connectivity index (χ4v) is 4.68. The molecule has 1 fully saturated rings. The summed E-state index contributed by atoms with van der Waals surface area (Å²) in [5.41, 5.74) is -0.505. The fourth-order valence-electron chi connectivity index (χ4n) is 3.18. The summed E-state index contributed by atoms with van der Waals surface area (Å²) in [5, 5.41) is 4.37. The molecular formula is C18H21N5O4S. The molecule has 148 valence electrons. The number of hydrogen-bond donors (Lipinski definition) is 1. The van der Waals surface area contributed by atoms with Gasteiger partial charge in [-0.3, -0.25) is 18.6 Å². The number of benzene rings is 1. The third-order valence-electron chi connectivity index (χ3n) is 5.10. The highest BCUT2D eigenvalue weighted by molar-refractivity contribution is 7.89. The summed E-state index contributed by atoms with van der Waals surface area (Å²) in [6, 6.07) is 5.96. The lowest BCUT2D eigenvalue weighted by molar-refractivity contribution is 0.558. The van der Waals surface area contributed by atoms with E-state index in [1.165, 1.54) is 22.8 Å². The Morgan fingerprint density at radius 3 is 2.50 bits per heavy atom. The van der Waals surface area contributed by atoms with Crippen LogP contribution in [0.4, 0.5) is 0 Å². The van der Waals surface area contributed by atoms with Crippen LogP contribution in [0.3, 0.4) is 0 Å². The summed E-state index contributed by atoms with van der Waals surface area (Å²) in [6.07, 6.45) is 3.29. The van der Waals surface area contributed by atoms with Crippen LogP contribution in [0, 0.1) is 0 Å². The van der Waals surface area contributed by atoms with Gasteiger partial charge in [0.25, 0.3) is 5.56 Å². The van der Waals surface area contributed by atoms with Crippen LogP contribution in [0.1, 0.15) is 25.5 Å². The predicted molar refractivity (Wildman–Crippen MR) is 104 cm³/mol. The molecule has 0 bridgehead atoms. The molecule has 1 aliphatic rings. The van der Waals surface area contributed by atoms with Crippen molar-refractivity contribution in [2.75, 3.05) is 0 Å². The number of aromatic nitrogens is 4. The Kier molecular flexibility index (Phi) is 4.09. The second kappa shape index (κ2) is 6.14. The van der Waals surface area contributed by atoms with Crippen molar-refractivity contribution in [1.82, 2.24) is 23.6 Å². The Morgan fingerprint density at radius 1 is 1.18 bits per heavy atom. The van der Waals surface area contributed by atoms with Crippen LogP contribution in [-0.2, 0) is 30.7 Å². The average Bonchev–Trinajstić information content (AvgIpc) is 3.20. The van der Waals surface area contributed by atoms with Crippen molar-refractivity contribution in [3.63, 3.8) is 0 Å². The number of hydrogen-bond acceptors (Lipinski definition) is 5. The highest BCUT2D eigenvalue weighted by Gasteiger charge is 2.41. The summed E-state index contributed by atoms with van der Waals surface area (Å²) in [5.74, 6) is 0. The van der Waals surface area contributed by atoms with E-state index in [4.69, 9.17) is 0 Å². The van der Waals surface area contributed by atoms with Gasteiger partial charge in [-0.2, -0.15) is 5.10 Å². The van der Waals surface area contributed by atoms with Crippen molar-refractivity contribution in [1.29, 1.82) is 0 Å². The van der Waals surface area contributed by atoms with Gasteiger partial charge < -0.3 is 0 Å². The minimum Gasteiger partial charge on any atom is -0.296 e. The van der Waals surface area contributed by atoms with Crippen LogP contribution < -0.4 is 16.0 Å². The summed E-state index contributed by atoms with van der Waals surface area (Å²) in [6.45, 7) is 1.85. The van der Waals surface area contributed by atoms with Crippen molar-refractivity contribution in [3.8, 4) is 0 Å². The Morgan fingerprint density at radius 2 is 1.89 bits per heavy atom. The first-order valence-electron chi connectivity index (χ1n) is 8.86. The minimum absolute atomic E-state index is 0.00765. The monoisotopic (exact) mass is 403 g/mol. The zero-order valence-corrected chi connectivity index (χ0v) is 16.7. The van der Waals surface area contributed by atoms with Gasteiger partial charge in [-0.25, -0.2) is 17.9 Å². The summed E-state index contributed by atoms with van der Waals surface area (Å²) in [7, 11) is -0.459. The number of sulfonamides is 1. The Labute approximate surface area is 161 Å². The van der Waals surface area contributed by atoms with Crippen molar-refractivity contribution in [2.24, 2.45) is 14.1 Å². The van der Waals surface area contributed by atoms with E-state index in [1.54, 1.807) is 31.0 Å². The van der Waals surface area contributed by atoms with Gasteiger partial charge in [-0.05, 0) is 44.0 Å². The lowest BCUT2D eigenvalue weighted by atomic mass is 10.2. The molecule has 0 radical (unpaired) electrons. The van der Waals surface area contributed by atoms with Gasteiger partial charge in [0.15, 0.2) is 0 Å². The first kappa shape index (κ1) is 18.6. The minimum atomic E-state index is -3.76. The molecule has 0 amide bonds. The van der Waals surface area contributed by atoms with Gasteiger partial charge in [-0.15, -0.1) is 0 Å². The second-order valence-electron chi connectivity index (χ2n) is 7.56. The van der Waals surface area contributed by atoms with E-state index in [0.717, 1.165) is 17.4 Å². The largest absolute Gasteiger partial charge is 0.331 e. The van der Waals surface area contributed by atoms with Crippen molar-refractivity contribution >= 4 is 20.9 Å². The molecular weight excluding hydrogens is 382 g/mol. The highest BCUT2D eigenvalue weighted by Crippen LogP contribution is 2.36. The van der Waals surface area contributed by atoms with E-state index in [0.29, 0.717) is 11.2 Å². The first-order valence-corrected chi connectivity index (χ1v) is 10.3. The van der Waals surface area contributed by atoms with E-state index < -0.39 is 26.8 Å². The molecule has 0 aliphatic heterocycles. The number of rotatable bonds is 5. The van der Waals surface area contributed by atoms with E-state index >= 15 is 0 Å². The molecule has 2 aromatic heterocycles. The molecule has 0 spiro atoms. The molecule has 10 heteroatoms. The van der Waals surface area contributed by atoms with Crippen LogP contribution in [0.5, 0.6) is 0 Å². The molecule has 2 heterocycles. The molecule has 0 atom stereocenters. The zero-order chi connectivity index (χ0) is 20.3. The topological polar surface area (TPSA) is 108 Å². The van der Waals surface area contributed by atoms with Crippen LogP contribution in [0.15, 0.2) is 44.9 Å². The molecule has 1 aromatic carbocycles. The summed E-state index contributed by atoms with van der Waals surface area (Å²) >= 11 is 0. The molecule has 4 rings (SSSR count). The second-order valence-corrected chi connectivity index (χ2v) is 9.24. The first-order chi connectivity index (χ1) is 13.1. The van der Waals surface area contributed by atoms with Crippen LogP contribution >= 0.6 is 0 Å². The van der Waals surface area contributed by atoms with E-state index in [-0.39, 0.29) is 16.8 Å². The molecule has 1 aliphatic carbocycles. The number of aryl methyl sites for hydroxylation is 2. The van der Waals surface area contributed by atoms with Gasteiger partial charge in [0, 0.05) is 25.8 Å². The van der Waals surface area contributed by atoms with Gasteiger partial charge in [0.1, 0.15) is 0 Å². The van der Waals surface area contributed by atoms with Gasteiger partial charge in [-0.1, -0.05) is 0 Å². The third kappa shape index (κ3) is 3.18. The van der Waals surface area contributed by atoms with E-state index in [1.807, 2.05) is 6.92 Å².